The van der Waals surface area contributed by atoms with E-state index in [2.05, 4.69) is 11.8 Å². The first-order chi connectivity index (χ1) is 12.7. The second-order valence-electron chi connectivity index (χ2n) is 5.79. The van der Waals surface area contributed by atoms with Crippen molar-refractivity contribution >= 4 is 22.5 Å². The predicted molar refractivity (Wildman–Crippen MR) is 105 cm³/mol. The topological polar surface area (TPSA) is 12.9 Å². The van der Waals surface area contributed by atoms with Crippen LogP contribution in [0.5, 0.6) is 0 Å². The molecule has 0 unspecified atom stereocenters. The molecule has 1 aromatic heterocycles. The van der Waals surface area contributed by atoms with Crippen molar-refractivity contribution in [3.05, 3.63) is 101 Å². The fourth-order valence-electron chi connectivity index (χ4n) is 2.76. The highest BCUT2D eigenvalue weighted by atomic mass is 35.5. The summed E-state index contributed by atoms with van der Waals surface area (Å²) in [6, 6.07) is 23.6. The summed E-state index contributed by atoms with van der Waals surface area (Å²) in [6.07, 6.45) is 0. The summed E-state index contributed by atoms with van der Waals surface area (Å²) in [5.74, 6) is 6.01. The number of rotatable bonds is 1. The van der Waals surface area contributed by atoms with Gasteiger partial charge < -0.3 is 0 Å². The lowest BCUT2D eigenvalue weighted by Gasteiger charge is -2.10. The fraction of sp³-hybridized carbons (Fsp3) is 0. The van der Waals surface area contributed by atoms with Gasteiger partial charge in [-0.1, -0.05) is 59.8 Å². The van der Waals surface area contributed by atoms with Crippen molar-refractivity contribution in [2.24, 2.45) is 0 Å². The molecule has 1 heterocycles. The Morgan fingerprint density at radius 2 is 1.46 bits per heavy atom. The van der Waals surface area contributed by atoms with Crippen molar-refractivity contribution in [2.45, 2.75) is 0 Å². The van der Waals surface area contributed by atoms with E-state index in [0.717, 1.165) is 22.0 Å². The molecule has 0 bridgehead atoms. The number of pyridine rings is 1. The zero-order valence-electron chi connectivity index (χ0n) is 13.7. The first kappa shape index (κ1) is 16.3. The number of nitrogens with zero attached hydrogens (tertiary/aromatic N) is 1. The van der Waals surface area contributed by atoms with Crippen molar-refractivity contribution in [3.8, 4) is 23.1 Å². The van der Waals surface area contributed by atoms with Crippen LogP contribution in [0, 0.1) is 17.7 Å². The minimum atomic E-state index is -0.294. The Kier molecular flexibility index (Phi) is 4.39. The number of halogens is 2. The van der Waals surface area contributed by atoms with Crippen LogP contribution in [-0.2, 0) is 0 Å². The Bertz CT molecular complexity index is 1140. The number of benzene rings is 3. The molecule has 0 fully saturated rings. The van der Waals surface area contributed by atoms with Gasteiger partial charge in [-0.2, -0.15) is 0 Å². The normalized spacial score (nSPS) is 10.4. The number of hydrogen-bond acceptors (Lipinski definition) is 1. The fourth-order valence-corrected chi connectivity index (χ4v) is 3.06. The van der Waals surface area contributed by atoms with Crippen molar-refractivity contribution < 1.29 is 4.39 Å². The molecular formula is C23H13ClFN. The van der Waals surface area contributed by atoms with Crippen LogP contribution in [0.1, 0.15) is 11.1 Å². The second kappa shape index (κ2) is 7.00. The molecule has 4 rings (SSSR count). The lowest BCUT2D eigenvalue weighted by atomic mass is 10.0. The van der Waals surface area contributed by atoms with Crippen molar-refractivity contribution in [1.29, 1.82) is 0 Å². The summed E-state index contributed by atoms with van der Waals surface area (Å²) in [5, 5.41) is 1.40. The van der Waals surface area contributed by atoms with Gasteiger partial charge in [-0.25, -0.2) is 9.37 Å². The standard InChI is InChI=1S/C23H13ClFN/c24-22-19-8-4-5-9-21(19)26-23(17-11-13-18(25)14-12-17)20(22)15-10-16-6-2-1-3-7-16/h1-9,11-14H. The van der Waals surface area contributed by atoms with Crippen LogP contribution < -0.4 is 0 Å². The Morgan fingerprint density at radius 1 is 0.769 bits per heavy atom. The van der Waals surface area contributed by atoms with Gasteiger partial charge in [-0.3, -0.25) is 0 Å². The smallest absolute Gasteiger partial charge is 0.123 e. The van der Waals surface area contributed by atoms with E-state index in [1.54, 1.807) is 12.1 Å². The van der Waals surface area contributed by atoms with E-state index in [9.17, 15) is 4.39 Å². The zero-order valence-corrected chi connectivity index (χ0v) is 14.5. The molecule has 0 aliphatic rings. The first-order valence-electron chi connectivity index (χ1n) is 8.13. The highest BCUT2D eigenvalue weighted by molar-refractivity contribution is 6.37. The molecule has 124 valence electrons. The van der Waals surface area contributed by atoms with Crippen molar-refractivity contribution in [2.75, 3.05) is 0 Å². The summed E-state index contributed by atoms with van der Waals surface area (Å²) >= 11 is 6.68. The minimum absolute atomic E-state index is 0.294. The van der Waals surface area contributed by atoms with Gasteiger partial charge in [0.2, 0.25) is 0 Å². The molecule has 0 atom stereocenters. The molecule has 0 N–H and O–H groups in total. The van der Waals surface area contributed by atoms with Crippen LogP contribution in [-0.4, -0.2) is 4.98 Å². The maximum Gasteiger partial charge on any atom is 0.123 e. The average Bonchev–Trinajstić information content (AvgIpc) is 2.69. The van der Waals surface area contributed by atoms with Crippen molar-refractivity contribution in [1.82, 2.24) is 4.98 Å². The Hall–Kier alpha value is -3.15. The molecular weight excluding hydrogens is 345 g/mol. The molecule has 0 saturated heterocycles. The molecule has 0 amide bonds. The van der Waals surface area contributed by atoms with Crippen LogP contribution in [0.3, 0.4) is 0 Å². The Balaban J connectivity index is 1.97. The molecule has 0 aliphatic carbocycles. The summed E-state index contributed by atoms with van der Waals surface area (Å²) < 4.78 is 13.3. The SMILES string of the molecule is Fc1ccc(-c2nc3ccccc3c(Cl)c2C#Cc2ccccc2)cc1. The van der Waals surface area contributed by atoms with Crippen LogP contribution in [0.2, 0.25) is 5.02 Å². The average molecular weight is 358 g/mol. The van der Waals surface area contributed by atoms with Gasteiger partial charge in [0.1, 0.15) is 5.82 Å². The lowest BCUT2D eigenvalue weighted by Crippen LogP contribution is -1.94. The largest absolute Gasteiger partial charge is 0.246 e. The van der Waals surface area contributed by atoms with E-state index in [0.29, 0.717) is 16.3 Å². The lowest BCUT2D eigenvalue weighted by molar-refractivity contribution is 0.628. The van der Waals surface area contributed by atoms with Crippen molar-refractivity contribution in [3.63, 3.8) is 0 Å². The highest BCUT2D eigenvalue weighted by Gasteiger charge is 2.14. The van der Waals surface area contributed by atoms with Crippen LogP contribution >= 0.6 is 11.6 Å². The molecule has 0 saturated carbocycles. The van der Waals surface area contributed by atoms with Gasteiger partial charge in [-0.15, -0.1) is 0 Å². The van der Waals surface area contributed by atoms with Gasteiger partial charge in [0.05, 0.1) is 21.8 Å². The van der Waals surface area contributed by atoms with E-state index in [1.807, 2.05) is 54.6 Å². The minimum Gasteiger partial charge on any atom is -0.246 e. The summed E-state index contributed by atoms with van der Waals surface area (Å²) in [7, 11) is 0. The van der Waals surface area contributed by atoms with Gasteiger partial charge in [0.25, 0.3) is 0 Å². The number of para-hydroxylation sites is 1. The molecule has 3 aromatic carbocycles. The van der Waals surface area contributed by atoms with E-state index >= 15 is 0 Å². The molecule has 1 nitrogen and oxygen atoms in total. The molecule has 26 heavy (non-hydrogen) atoms. The molecule has 0 aliphatic heterocycles. The molecule has 0 spiro atoms. The summed E-state index contributed by atoms with van der Waals surface area (Å²) in [6.45, 7) is 0. The molecule has 0 radical (unpaired) electrons. The maximum atomic E-state index is 13.3. The number of aromatic nitrogens is 1. The number of fused-ring (bicyclic) bond motifs is 1. The van der Waals surface area contributed by atoms with Crippen LogP contribution in [0.15, 0.2) is 78.9 Å². The number of hydrogen-bond donors (Lipinski definition) is 0. The van der Waals surface area contributed by atoms with E-state index < -0.39 is 0 Å². The molecule has 4 aromatic rings. The van der Waals surface area contributed by atoms with Gasteiger partial charge in [0, 0.05) is 16.5 Å². The van der Waals surface area contributed by atoms with E-state index in [4.69, 9.17) is 16.6 Å². The Labute approximate surface area is 156 Å². The highest BCUT2D eigenvalue weighted by Crippen LogP contribution is 2.33. The summed E-state index contributed by atoms with van der Waals surface area (Å²) in [5.41, 5.74) is 3.73. The third-order valence-electron chi connectivity index (χ3n) is 4.05. The maximum absolute atomic E-state index is 13.3. The van der Waals surface area contributed by atoms with Gasteiger partial charge in [-0.05, 0) is 42.5 Å². The first-order valence-corrected chi connectivity index (χ1v) is 8.51. The van der Waals surface area contributed by atoms with E-state index in [1.165, 1.54) is 12.1 Å². The Morgan fingerprint density at radius 3 is 2.23 bits per heavy atom. The third-order valence-corrected chi connectivity index (χ3v) is 4.44. The second-order valence-corrected chi connectivity index (χ2v) is 6.17. The van der Waals surface area contributed by atoms with E-state index in [-0.39, 0.29) is 5.82 Å². The van der Waals surface area contributed by atoms with Crippen LogP contribution in [0.25, 0.3) is 22.2 Å². The summed E-state index contributed by atoms with van der Waals surface area (Å²) in [4.78, 5) is 4.74. The predicted octanol–water partition coefficient (Wildman–Crippen LogP) is 6.09. The van der Waals surface area contributed by atoms with Gasteiger partial charge in [0.15, 0.2) is 0 Å². The zero-order chi connectivity index (χ0) is 17.9. The van der Waals surface area contributed by atoms with Gasteiger partial charge >= 0.3 is 0 Å². The quantitative estimate of drug-likeness (QED) is 0.375. The monoisotopic (exact) mass is 357 g/mol. The third kappa shape index (κ3) is 3.18. The van der Waals surface area contributed by atoms with Crippen LogP contribution in [0.4, 0.5) is 4.39 Å². The molecule has 3 heteroatoms.